The summed E-state index contributed by atoms with van der Waals surface area (Å²) in [6, 6.07) is 6.34. The molecule has 1 N–H and O–H groups in total. The van der Waals surface area contributed by atoms with E-state index in [1.54, 1.807) is 18.2 Å². The molecule has 0 aliphatic heterocycles. The Morgan fingerprint density at radius 3 is 2.44 bits per heavy atom. The van der Waals surface area contributed by atoms with E-state index in [2.05, 4.69) is 9.97 Å². The number of rotatable bonds is 2. The van der Waals surface area contributed by atoms with Crippen LogP contribution in [0.5, 0.6) is 0 Å². The van der Waals surface area contributed by atoms with Crippen LogP contribution < -0.4 is 0 Å². The van der Waals surface area contributed by atoms with E-state index in [9.17, 15) is 4.79 Å². The van der Waals surface area contributed by atoms with Crippen molar-refractivity contribution < 1.29 is 9.90 Å². The summed E-state index contributed by atoms with van der Waals surface area (Å²) in [4.78, 5) is 18.4. The molecule has 0 aliphatic rings. The van der Waals surface area contributed by atoms with Crippen LogP contribution in [0.25, 0.3) is 11.3 Å². The number of aromatic carboxylic acids is 1. The van der Waals surface area contributed by atoms with Gasteiger partial charge in [-0.25, -0.2) is 14.8 Å². The first-order valence-electron chi connectivity index (χ1n) is 4.58. The van der Waals surface area contributed by atoms with Crippen molar-refractivity contribution in [2.24, 2.45) is 0 Å². The molecule has 4 nitrogen and oxygen atoms in total. The predicted molar refractivity (Wildman–Crippen MR) is 70.2 cm³/mol. The third-order valence-corrected chi connectivity index (χ3v) is 2.84. The molecule has 0 unspecified atom stereocenters. The topological polar surface area (TPSA) is 63.1 Å². The number of carboxylic acids is 1. The molecule has 7 heteroatoms. The van der Waals surface area contributed by atoms with E-state index in [0.29, 0.717) is 21.3 Å². The van der Waals surface area contributed by atoms with E-state index < -0.39 is 5.97 Å². The van der Waals surface area contributed by atoms with Gasteiger partial charge >= 0.3 is 5.97 Å². The summed E-state index contributed by atoms with van der Waals surface area (Å²) in [5.74, 6) is -1.10. The first-order valence-corrected chi connectivity index (χ1v) is 5.34. The second kappa shape index (κ2) is 6.50. The van der Waals surface area contributed by atoms with Crippen LogP contribution in [0.15, 0.2) is 30.6 Å². The van der Waals surface area contributed by atoms with E-state index in [1.807, 2.05) is 0 Å². The van der Waals surface area contributed by atoms with Crippen molar-refractivity contribution in [3.63, 3.8) is 0 Å². The van der Waals surface area contributed by atoms with Gasteiger partial charge in [-0.3, -0.25) is 0 Å². The van der Waals surface area contributed by atoms with Crippen LogP contribution in [-0.4, -0.2) is 50.6 Å². The van der Waals surface area contributed by atoms with Crippen molar-refractivity contribution in [2.45, 2.75) is 0 Å². The van der Waals surface area contributed by atoms with E-state index in [0.717, 1.165) is 0 Å². The van der Waals surface area contributed by atoms with Gasteiger partial charge in [0.25, 0.3) is 0 Å². The number of carbonyl (C=O) groups is 1. The minimum atomic E-state index is -1.10. The summed E-state index contributed by atoms with van der Waals surface area (Å²) in [6.07, 6.45) is 1.20. The standard InChI is InChI=1S/C11H6Cl2N2O2.Na/c12-7-2-1-6(3-8(7)13)9-4-10(11(16)17)15-5-14-9;/h1-5H,(H,16,17);. The second-order valence-electron chi connectivity index (χ2n) is 3.22. The Morgan fingerprint density at radius 2 is 1.83 bits per heavy atom. The molecule has 18 heavy (non-hydrogen) atoms. The van der Waals surface area contributed by atoms with Crippen molar-refractivity contribution in [3.05, 3.63) is 46.3 Å². The maximum Gasteiger partial charge on any atom is 0.354 e. The molecule has 1 aromatic heterocycles. The molecular formula is C11H6Cl2N2NaO2. The Labute approximate surface area is 135 Å². The Hall–Kier alpha value is -0.650. The fourth-order valence-corrected chi connectivity index (χ4v) is 1.59. The van der Waals surface area contributed by atoms with E-state index in [-0.39, 0.29) is 35.3 Å². The SMILES string of the molecule is O=C(O)c1cc(-c2ccc(Cl)c(Cl)c2)ncn1.[Na]. The fraction of sp³-hybridized carbons (Fsp3) is 0. The minimum absolute atomic E-state index is 0. The molecule has 1 radical (unpaired) electrons. The van der Waals surface area contributed by atoms with Gasteiger partial charge in [-0.1, -0.05) is 29.3 Å². The smallest absolute Gasteiger partial charge is 0.354 e. The molecule has 0 aliphatic carbocycles. The Balaban J connectivity index is 0.00000162. The van der Waals surface area contributed by atoms with E-state index in [4.69, 9.17) is 28.3 Å². The van der Waals surface area contributed by atoms with Gasteiger partial charge in [-0.15, -0.1) is 0 Å². The van der Waals surface area contributed by atoms with Gasteiger partial charge in [0.2, 0.25) is 0 Å². The quantitative estimate of drug-likeness (QED) is 0.864. The van der Waals surface area contributed by atoms with Crippen LogP contribution in [0.1, 0.15) is 10.5 Å². The van der Waals surface area contributed by atoms with Gasteiger partial charge in [-0.2, -0.15) is 0 Å². The Morgan fingerprint density at radius 1 is 1.11 bits per heavy atom. The molecule has 0 amide bonds. The summed E-state index contributed by atoms with van der Waals surface area (Å²) in [6.45, 7) is 0. The first-order chi connectivity index (χ1) is 8.08. The largest absolute Gasteiger partial charge is 0.477 e. The van der Waals surface area contributed by atoms with Gasteiger partial charge in [0.15, 0.2) is 5.69 Å². The summed E-state index contributed by atoms with van der Waals surface area (Å²) >= 11 is 11.7. The summed E-state index contributed by atoms with van der Waals surface area (Å²) in [5, 5.41) is 9.64. The van der Waals surface area contributed by atoms with Crippen molar-refractivity contribution in [2.75, 3.05) is 0 Å². The third kappa shape index (κ3) is 3.43. The van der Waals surface area contributed by atoms with Crippen molar-refractivity contribution in [1.82, 2.24) is 9.97 Å². The molecule has 87 valence electrons. The minimum Gasteiger partial charge on any atom is -0.477 e. The first kappa shape index (κ1) is 15.4. The number of hydrogen-bond acceptors (Lipinski definition) is 3. The molecule has 1 heterocycles. The van der Waals surface area contributed by atoms with Gasteiger partial charge in [0.05, 0.1) is 15.7 Å². The van der Waals surface area contributed by atoms with Crippen LogP contribution in [0.2, 0.25) is 10.0 Å². The van der Waals surface area contributed by atoms with Crippen LogP contribution in [0.4, 0.5) is 0 Å². The number of hydrogen-bond donors (Lipinski definition) is 1. The zero-order valence-electron chi connectivity index (χ0n) is 9.39. The zero-order chi connectivity index (χ0) is 12.4. The number of carboxylic acid groups (broad SMARTS) is 1. The average molecular weight is 292 g/mol. The maximum absolute atomic E-state index is 10.8. The van der Waals surface area contributed by atoms with Crippen LogP contribution >= 0.6 is 23.2 Å². The summed E-state index contributed by atoms with van der Waals surface area (Å²) in [7, 11) is 0. The predicted octanol–water partition coefficient (Wildman–Crippen LogP) is 2.77. The van der Waals surface area contributed by atoms with Crippen molar-refractivity contribution in [1.29, 1.82) is 0 Å². The van der Waals surface area contributed by atoms with E-state index >= 15 is 0 Å². The molecule has 2 rings (SSSR count). The maximum atomic E-state index is 10.8. The molecule has 0 saturated heterocycles. The fourth-order valence-electron chi connectivity index (χ4n) is 1.29. The monoisotopic (exact) mass is 291 g/mol. The van der Waals surface area contributed by atoms with Crippen molar-refractivity contribution >= 4 is 58.7 Å². The molecule has 0 spiro atoms. The number of halogens is 2. The van der Waals surface area contributed by atoms with Crippen LogP contribution in [0, 0.1) is 0 Å². The van der Waals surface area contributed by atoms with Crippen molar-refractivity contribution in [3.8, 4) is 11.3 Å². The number of benzene rings is 1. The van der Waals surface area contributed by atoms with Crippen LogP contribution in [-0.2, 0) is 0 Å². The number of nitrogens with zero attached hydrogens (tertiary/aromatic N) is 2. The van der Waals surface area contributed by atoms with Crippen LogP contribution in [0.3, 0.4) is 0 Å². The molecule has 1 aromatic carbocycles. The molecule has 0 saturated carbocycles. The van der Waals surface area contributed by atoms with E-state index in [1.165, 1.54) is 12.4 Å². The molecule has 0 atom stereocenters. The molecule has 2 aromatic rings. The zero-order valence-corrected chi connectivity index (χ0v) is 12.9. The Bertz CT molecular complexity index is 593. The second-order valence-corrected chi connectivity index (χ2v) is 4.04. The van der Waals surface area contributed by atoms with Gasteiger partial charge in [-0.05, 0) is 18.2 Å². The third-order valence-electron chi connectivity index (χ3n) is 2.10. The molecule has 0 bridgehead atoms. The molecule has 0 fully saturated rings. The summed E-state index contributed by atoms with van der Waals surface area (Å²) < 4.78 is 0. The number of aromatic nitrogens is 2. The van der Waals surface area contributed by atoms with Gasteiger partial charge < -0.3 is 5.11 Å². The molecular weight excluding hydrogens is 286 g/mol. The summed E-state index contributed by atoms with van der Waals surface area (Å²) in [5.41, 5.74) is 1.10. The van der Waals surface area contributed by atoms with Gasteiger partial charge in [0.1, 0.15) is 6.33 Å². The Kier molecular flexibility index (Phi) is 5.56. The normalized spacial score (nSPS) is 9.67. The average Bonchev–Trinajstić information content (AvgIpc) is 2.33. The van der Waals surface area contributed by atoms with Gasteiger partial charge in [0, 0.05) is 35.1 Å².